The van der Waals surface area contributed by atoms with Crippen molar-refractivity contribution >= 4 is 21.7 Å². The molecule has 1 unspecified atom stereocenters. The molecular weight excluding hydrogens is 394 g/mol. The number of benzene rings is 1. The third kappa shape index (κ3) is 4.51. The highest BCUT2D eigenvalue weighted by molar-refractivity contribution is 7.89. The molecule has 8 nitrogen and oxygen atoms in total. The van der Waals surface area contributed by atoms with Gasteiger partial charge in [0.1, 0.15) is 5.82 Å². The number of pyridine rings is 1. The van der Waals surface area contributed by atoms with Crippen LogP contribution >= 0.6 is 0 Å². The largest absolute Gasteiger partial charge is 0.493 e. The molecule has 1 aromatic carbocycles. The Labute approximate surface area is 170 Å². The molecule has 1 N–H and O–H groups in total. The molecule has 9 heteroatoms. The molecule has 1 amide bonds. The van der Waals surface area contributed by atoms with E-state index in [0.717, 1.165) is 0 Å². The molecule has 156 valence electrons. The van der Waals surface area contributed by atoms with Gasteiger partial charge in [0.05, 0.1) is 25.0 Å². The summed E-state index contributed by atoms with van der Waals surface area (Å²) in [7, 11) is -0.826. The molecule has 1 fully saturated rings. The fraction of sp³-hybridized carbons (Fsp3) is 0.400. The van der Waals surface area contributed by atoms with Gasteiger partial charge in [0, 0.05) is 25.4 Å². The number of rotatable bonds is 6. The summed E-state index contributed by atoms with van der Waals surface area (Å²) in [5, 5.41) is 2.76. The van der Waals surface area contributed by atoms with Gasteiger partial charge in [0.2, 0.25) is 15.9 Å². The van der Waals surface area contributed by atoms with Crippen molar-refractivity contribution in [2.75, 3.05) is 32.6 Å². The Morgan fingerprint density at radius 3 is 2.59 bits per heavy atom. The van der Waals surface area contributed by atoms with E-state index in [-0.39, 0.29) is 17.3 Å². The SMILES string of the molecule is COc1cc(C)c(S(=O)(=O)N2CCCC(C(=O)Nc3ccccn3)C2)cc1OC. The lowest BCUT2D eigenvalue weighted by molar-refractivity contribution is -0.120. The Hall–Kier alpha value is -2.65. The van der Waals surface area contributed by atoms with Crippen LogP contribution in [0.5, 0.6) is 11.5 Å². The zero-order valence-corrected chi connectivity index (χ0v) is 17.5. The van der Waals surface area contributed by atoms with Gasteiger partial charge >= 0.3 is 0 Å². The summed E-state index contributed by atoms with van der Waals surface area (Å²) in [6.45, 7) is 2.20. The third-order valence-corrected chi connectivity index (χ3v) is 6.98. The van der Waals surface area contributed by atoms with E-state index in [4.69, 9.17) is 9.47 Å². The highest BCUT2D eigenvalue weighted by Gasteiger charge is 2.34. The predicted octanol–water partition coefficient (Wildman–Crippen LogP) is 2.45. The highest BCUT2D eigenvalue weighted by Crippen LogP contribution is 2.34. The zero-order valence-electron chi connectivity index (χ0n) is 16.7. The molecule has 2 aromatic rings. The van der Waals surface area contributed by atoms with Gasteiger partial charge in [0.25, 0.3) is 0 Å². The Kier molecular flexibility index (Phi) is 6.39. The number of hydrogen-bond acceptors (Lipinski definition) is 6. The standard InChI is InChI=1S/C20H25N3O5S/c1-14-11-16(27-2)17(28-3)12-18(14)29(25,26)23-10-6-7-15(13-23)20(24)22-19-8-4-5-9-21-19/h4-5,8-9,11-12,15H,6-7,10,13H2,1-3H3,(H,21,22,24). The number of nitrogens with one attached hydrogen (secondary N) is 1. The molecule has 1 aliphatic rings. The van der Waals surface area contributed by atoms with Gasteiger partial charge in [-0.3, -0.25) is 4.79 Å². The number of carbonyl (C=O) groups excluding carboxylic acids is 1. The van der Waals surface area contributed by atoms with Crippen molar-refractivity contribution in [2.24, 2.45) is 5.92 Å². The van der Waals surface area contributed by atoms with Crippen LogP contribution in [-0.4, -0.2) is 50.9 Å². The lowest BCUT2D eigenvalue weighted by Gasteiger charge is -2.31. The fourth-order valence-electron chi connectivity index (χ4n) is 3.42. The predicted molar refractivity (Wildman–Crippen MR) is 109 cm³/mol. The van der Waals surface area contributed by atoms with E-state index in [1.807, 2.05) is 0 Å². The lowest BCUT2D eigenvalue weighted by Crippen LogP contribution is -2.43. The summed E-state index contributed by atoms with van der Waals surface area (Å²) < 4.78 is 38.4. The van der Waals surface area contributed by atoms with Gasteiger partial charge in [-0.05, 0) is 43.5 Å². The van der Waals surface area contributed by atoms with Crippen LogP contribution < -0.4 is 14.8 Å². The van der Waals surface area contributed by atoms with E-state index in [0.29, 0.717) is 42.3 Å². The van der Waals surface area contributed by atoms with Gasteiger partial charge < -0.3 is 14.8 Å². The summed E-state index contributed by atoms with van der Waals surface area (Å²) in [6, 6.07) is 8.35. The third-order valence-electron chi connectivity index (χ3n) is 4.97. The minimum atomic E-state index is -3.79. The van der Waals surface area contributed by atoms with Crippen molar-refractivity contribution in [1.29, 1.82) is 0 Å². The maximum Gasteiger partial charge on any atom is 0.243 e. The Morgan fingerprint density at radius 1 is 1.21 bits per heavy atom. The molecule has 3 rings (SSSR count). The van der Waals surface area contributed by atoms with Crippen LogP contribution in [-0.2, 0) is 14.8 Å². The van der Waals surface area contributed by atoms with Crippen LogP contribution in [0.3, 0.4) is 0 Å². The summed E-state index contributed by atoms with van der Waals surface area (Å²) in [5.41, 5.74) is 0.558. The average Bonchev–Trinajstić information content (AvgIpc) is 2.74. The molecular formula is C20H25N3O5S. The quantitative estimate of drug-likeness (QED) is 0.772. The number of carbonyl (C=O) groups is 1. The molecule has 0 saturated carbocycles. The van der Waals surface area contributed by atoms with Gasteiger partial charge in [-0.15, -0.1) is 0 Å². The maximum atomic E-state index is 13.3. The van der Waals surface area contributed by atoms with Crippen LogP contribution in [0.2, 0.25) is 0 Å². The molecule has 0 aliphatic carbocycles. The number of piperidine rings is 1. The molecule has 1 atom stereocenters. The van der Waals surface area contributed by atoms with E-state index >= 15 is 0 Å². The molecule has 1 aromatic heterocycles. The first-order valence-electron chi connectivity index (χ1n) is 9.31. The average molecular weight is 420 g/mol. The van der Waals surface area contributed by atoms with E-state index in [9.17, 15) is 13.2 Å². The molecule has 1 aliphatic heterocycles. The summed E-state index contributed by atoms with van der Waals surface area (Å²) in [5.74, 6) is 0.593. The van der Waals surface area contributed by atoms with Crippen LogP contribution in [0, 0.1) is 12.8 Å². The van der Waals surface area contributed by atoms with Crippen molar-refractivity contribution in [1.82, 2.24) is 9.29 Å². The molecule has 2 heterocycles. The first kappa shape index (κ1) is 21.1. The van der Waals surface area contributed by atoms with Crippen LogP contribution in [0.25, 0.3) is 0 Å². The first-order valence-corrected chi connectivity index (χ1v) is 10.8. The smallest absolute Gasteiger partial charge is 0.243 e. The van der Waals surface area contributed by atoms with Crippen molar-refractivity contribution in [3.05, 3.63) is 42.1 Å². The van der Waals surface area contributed by atoms with Gasteiger partial charge in [-0.2, -0.15) is 4.31 Å². The second kappa shape index (κ2) is 8.79. The number of methoxy groups -OCH3 is 2. The van der Waals surface area contributed by atoms with Crippen LogP contribution in [0.1, 0.15) is 18.4 Å². The number of nitrogens with zero attached hydrogens (tertiary/aromatic N) is 2. The Morgan fingerprint density at radius 2 is 1.93 bits per heavy atom. The number of sulfonamides is 1. The van der Waals surface area contributed by atoms with Crippen molar-refractivity contribution in [3.8, 4) is 11.5 Å². The molecule has 0 spiro atoms. The minimum absolute atomic E-state index is 0.120. The lowest BCUT2D eigenvalue weighted by atomic mass is 9.99. The first-order chi connectivity index (χ1) is 13.9. The van der Waals surface area contributed by atoms with E-state index < -0.39 is 15.9 Å². The van der Waals surface area contributed by atoms with Crippen LogP contribution in [0.4, 0.5) is 5.82 Å². The van der Waals surface area contributed by atoms with Crippen LogP contribution in [0.15, 0.2) is 41.4 Å². The number of aromatic nitrogens is 1. The van der Waals surface area contributed by atoms with Gasteiger partial charge in [0.15, 0.2) is 11.5 Å². The van der Waals surface area contributed by atoms with E-state index in [1.165, 1.54) is 24.6 Å². The molecule has 29 heavy (non-hydrogen) atoms. The second-order valence-electron chi connectivity index (χ2n) is 6.88. The van der Waals surface area contributed by atoms with E-state index in [1.54, 1.807) is 37.4 Å². The summed E-state index contributed by atoms with van der Waals surface area (Å²) in [4.78, 5) is 16.9. The number of anilines is 1. The number of aryl methyl sites for hydroxylation is 1. The minimum Gasteiger partial charge on any atom is -0.493 e. The Bertz CT molecular complexity index is 979. The highest BCUT2D eigenvalue weighted by atomic mass is 32.2. The van der Waals surface area contributed by atoms with Gasteiger partial charge in [-0.1, -0.05) is 6.07 Å². The zero-order chi connectivity index (χ0) is 21.0. The summed E-state index contributed by atoms with van der Waals surface area (Å²) >= 11 is 0. The second-order valence-corrected chi connectivity index (χ2v) is 8.79. The van der Waals surface area contributed by atoms with Gasteiger partial charge in [-0.25, -0.2) is 13.4 Å². The number of hydrogen-bond donors (Lipinski definition) is 1. The maximum absolute atomic E-state index is 13.3. The number of amides is 1. The molecule has 1 saturated heterocycles. The molecule has 0 bridgehead atoms. The Balaban J connectivity index is 1.81. The van der Waals surface area contributed by atoms with Crippen molar-refractivity contribution < 1.29 is 22.7 Å². The van der Waals surface area contributed by atoms with Crippen molar-refractivity contribution in [3.63, 3.8) is 0 Å². The molecule has 0 radical (unpaired) electrons. The number of ether oxygens (including phenoxy) is 2. The fourth-order valence-corrected chi connectivity index (χ4v) is 5.16. The topological polar surface area (TPSA) is 97.8 Å². The van der Waals surface area contributed by atoms with Crippen molar-refractivity contribution in [2.45, 2.75) is 24.7 Å². The normalized spacial score (nSPS) is 17.6. The van der Waals surface area contributed by atoms with E-state index in [2.05, 4.69) is 10.3 Å². The monoisotopic (exact) mass is 419 g/mol. The summed E-state index contributed by atoms with van der Waals surface area (Å²) in [6.07, 6.45) is 2.81.